The summed E-state index contributed by atoms with van der Waals surface area (Å²) in [5.41, 5.74) is 1.55. The fourth-order valence-electron chi connectivity index (χ4n) is 3.60. The second-order valence-electron chi connectivity index (χ2n) is 6.40. The smallest absolute Gasteiger partial charge is 0.0143 e. The highest BCUT2D eigenvalue weighted by Gasteiger charge is 2.13. The highest BCUT2D eigenvalue weighted by Crippen LogP contribution is 2.34. The molecule has 0 amide bonds. The third kappa shape index (κ3) is 3.02. The lowest BCUT2D eigenvalue weighted by molar-refractivity contribution is 0.544. The van der Waals surface area contributed by atoms with Crippen LogP contribution in [0.4, 0.5) is 0 Å². The third-order valence-electron chi connectivity index (χ3n) is 4.76. The number of rotatable bonds is 6. The zero-order chi connectivity index (χ0) is 15.4. The zero-order valence-electron chi connectivity index (χ0n) is 13.8. The van der Waals surface area contributed by atoms with Crippen LogP contribution in [0.2, 0.25) is 0 Å². The molecule has 1 atom stereocenters. The molecule has 3 rings (SSSR count). The summed E-state index contributed by atoms with van der Waals surface area (Å²) in [7, 11) is 0. The summed E-state index contributed by atoms with van der Waals surface area (Å²) in [6.45, 7) is 4.60. The second kappa shape index (κ2) is 6.96. The molecule has 0 heterocycles. The monoisotopic (exact) mass is 290 g/mol. The Bertz CT molecular complexity index is 754. The van der Waals surface area contributed by atoms with E-state index < -0.39 is 0 Å². The van der Waals surface area contributed by atoms with Gasteiger partial charge in [-0.25, -0.2) is 0 Å². The molecule has 1 unspecified atom stereocenters. The lowest BCUT2D eigenvalue weighted by atomic mass is 9.86. The van der Waals surface area contributed by atoms with Crippen molar-refractivity contribution in [2.24, 2.45) is 0 Å². The Labute approximate surface area is 134 Å². The van der Waals surface area contributed by atoms with Crippen LogP contribution in [0, 0.1) is 0 Å². The average Bonchev–Trinajstić information content (AvgIpc) is 2.56. The molecule has 0 aromatic heterocycles. The quantitative estimate of drug-likeness (QED) is 0.426. The van der Waals surface area contributed by atoms with E-state index in [1.54, 1.807) is 5.56 Å². The molecule has 22 heavy (non-hydrogen) atoms. The lowest BCUT2D eigenvalue weighted by Gasteiger charge is -2.19. The predicted molar refractivity (Wildman–Crippen MR) is 98.6 cm³/mol. The molecule has 0 nitrogen and oxygen atoms in total. The second-order valence-corrected chi connectivity index (χ2v) is 6.40. The Hall–Kier alpha value is -1.82. The van der Waals surface area contributed by atoms with Gasteiger partial charge in [0.15, 0.2) is 0 Å². The van der Waals surface area contributed by atoms with Crippen molar-refractivity contribution in [1.29, 1.82) is 0 Å². The van der Waals surface area contributed by atoms with Crippen LogP contribution >= 0.6 is 0 Å². The molecular weight excluding hydrogens is 264 g/mol. The minimum Gasteiger partial charge on any atom is -0.0654 e. The summed E-state index contributed by atoms with van der Waals surface area (Å²) < 4.78 is 0. The van der Waals surface area contributed by atoms with Gasteiger partial charge in [-0.15, -0.1) is 0 Å². The van der Waals surface area contributed by atoms with Crippen LogP contribution in [0.15, 0.2) is 54.6 Å². The number of hydrogen-bond donors (Lipinski definition) is 0. The van der Waals surface area contributed by atoms with Gasteiger partial charge in [0.2, 0.25) is 0 Å². The standard InChI is InChI=1S/C22H26/c1-3-5-10-17(9-4-2)21-14-8-13-20-15-18-11-6-7-12-19(18)16-22(20)21/h6-8,11-17H,3-5,9-10H2,1-2H3. The van der Waals surface area contributed by atoms with Gasteiger partial charge in [-0.2, -0.15) is 0 Å². The third-order valence-corrected chi connectivity index (χ3v) is 4.76. The Balaban J connectivity index is 2.12. The largest absolute Gasteiger partial charge is 0.0654 e. The molecule has 0 bridgehead atoms. The van der Waals surface area contributed by atoms with Gasteiger partial charge >= 0.3 is 0 Å². The maximum Gasteiger partial charge on any atom is -0.0143 e. The summed E-state index contributed by atoms with van der Waals surface area (Å²) in [5, 5.41) is 5.53. The summed E-state index contributed by atoms with van der Waals surface area (Å²) >= 11 is 0. The van der Waals surface area contributed by atoms with Crippen molar-refractivity contribution in [3.63, 3.8) is 0 Å². The topological polar surface area (TPSA) is 0 Å². The van der Waals surface area contributed by atoms with Crippen molar-refractivity contribution >= 4 is 21.5 Å². The normalized spacial score (nSPS) is 12.8. The zero-order valence-corrected chi connectivity index (χ0v) is 13.8. The van der Waals surface area contributed by atoms with Crippen LogP contribution in [-0.4, -0.2) is 0 Å². The molecule has 0 saturated carbocycles. The molecule has 0 radical (unpaired) electrons. The van der Waals surface area contributed by atoms with E-state index in [1.165, 1.54) is 53.6 Å². The molecule has 0 aliphatic carbocycles. The number of fused-ring (bicyclic) bond motifs is 2. The van der Waals surface area contributed by atoms with E-state index in [2.05, 4.69) is 68.4 Å². The molecule has 0 spiro atoms. The number of benzene rings is 3. The number of unbranched alkanes of at least 4 members (excludes halogenated alkanes) is 1. The summed E-state index contributed by atoms with van der Waals surface area (Å²) in [5.74, 6) is 0.704. The average molecular weight is 290 g/mol. The highest BCUT2D eigenvalue weighted by molar-refractivity contribution is 5.99. The molecule has 114 valence electrons. The van der Waals surface area contributed by atoms with E-state index in [1.807, 2.05) is 0 Å². The minimum absolute atomic E-state index is 0.704. The van der Waals surface area contributed by atoms with E-state index in [-0.39, 0.29) is 0 Å². The highest BCUT2D eigenvalue weighted by atomic mass is 14.2. The van der Waals surface area contributed by atoms with Crippen LogP contribution in [0.3, 0.4) is 0 Å². The maximum atomic E-state index is 2.40. The van der Waals surface area contributed by atoms with Crippen LogP contribution in [-0.2, 0) is 0 Å². The van der Waals surface area contributed by atoms with Crippen molar-refractivity contribution in [2.45, 2.75) is 51.9 Å². The van der Waals surface area contributed by atoms with Crippen LogP contribution in [0.1, 0.15) is 57.4 Å². The first-order chi connectivity index (χ1) is 10.8. The van der Waals surface area contributed by atoms with Gasteiger partial charge in [-0.1, -0.05) is 75.6 Å². The number of hydrogen-bond acceptors (Lipinski definition) is 0. The summed E-state index contributed by atoms with van der Waals surface area (Å²) in [6, 6.07) is 20.3. The first kappa shape index (κ1) is 15.1. The van der Waals surface area contributed by atoms with Gasteiger partial charge in [-0.3, -0.25) is 0 Å². The fourth-order valence-corrected chi connectivity index (χ4v) is 3.60. The van der Waals surface area contributed by atoms with E-state index in [0.717, 1.165) is 0 Å². The van der Waals surface area contributed by atoms with Crippen molar-refractivity contribution in [3.05, 3.63) is 60.2 Å². The minimum atomic E-state index is 0.704. The Morgan fingerprint density at radius 2 is 1.45 bits per heavy atom. The molecule has 3 aromatic carbocycles. The predicted octanol–water partition coefficient (Wildman–Crippen LogP) is 7.07. The van der Waals surface area contributed by atoms with E-state index in [0.29, 0.717) is 5.92 Å². The Kier molecular flexibility index (Phi) is 4.77. The van der Waals surface area contributed by atoms with E-state index in [9.17, 15) is 0 Å². The fraction of sp³-hybridized carbons (Fsp3) is 0.364. The Morgan fingerprint density at radius 1 is 0.727 bits per heavy atom. The first-order valence-corrected chi connectivity index (χ1v) is 8.75. The summed E-state index contributed by atoms with van der Waals surface area (Å²) in [4.78, 5) is 0. The van der Waals surface area contributed by atoms with Gasteiger partial charge in [0, 0.05) is 0 Å². The Morgan fingerprint density at radius 3 is 2.18 bits per heavy atom. The molecule has 3 aromatic rings. The van der Waals surface area contributed by atoms with Gasteiger partial charge in [-0.05, 0) is 58.0 Å². The van der Waals surface area contributed by atoms with Gasteiger partial charge in [0.25, 0.3) is 0 Å². The van der Waals surface area contributed by atoms with Crippen LogP contribution in [0.25, 0.3) is 21.5 Å². The van der Waals surface area contributed by atoms with Crippen molar-refractivity contribution < 1.29 is 0 Å². The first-order valence-electron chi connectivity index (χ1n) is 8.75. The van der Waals surface area contributed by atoms with Crippen molar-refractivity contribution in [3.8, 4) is 0 Å². The van der Waals surface area contributed by atoms with Gasteiger partial charge in [0.05, 0.1) is 0 Å². The van der Waals surface area contributed by atoms with Crippen LogP contribution in [0.5, 0.6) is 0 Å². The molecule has 0 saturated heterocycles. The maximum absolute atomic E-state index is 2.40. The molecular formula is C22H26. The van der Waals surface area contributed by atoms with Gasteiger partial charge < -0.3 is 0 Å². The molecule has 0 aliphatic rings. The van der Waals surface area contributed by atoms with Crippen LogP contribution < -0.4 is 0 Å². The molecule has 0 fully saturated rings. The molecule has 0 heteroatoms. The SMILES string of the molecule is CCCCC(CCC)c1cccc2cc3ccccc3cc12. The van der Waals surface area contributed by atoms with E-state index in [4.69, 9.17) is 0 Å². The summed E-state index contributed by atoms with van der Waals surface area (Å²) in [6.07, 6.45) is 6.49. The van der Waals surface area contributed by atoms with Gasteiger partial charge in [0.1, 0.15) is 0 Å². The molecule has 0 aliphatic heterocycles. The van der Waals surface area contributed by atoms with Crippen molar-refractivity contribution in [2.75, 3.05) is 0 Å². The van der Waals surface area contributed by atoms with E-state index >= 15 is 0 Å². The lowest BCUT2D eigenvalue weighted by Crippen LogP contribution is -2.00. The van der Waals surface area contributed by atoms with Crippen molar-refractivity contribution in [1.82, 2.24) is 0 Å². The molecule has 0 N–H and O–H groups in total.